The monoisotopic (exact) mass is 249 g/mol. The number of phenolic OH excluding ortho intramolecular Hbond substituents is 1. The molecular weight excluding hydrogens is 230 g/mol. The van der Waals surface area contributed by atoms with Crippen LogP contribution in [0.15, 0.2) is 18.2 Å². The molecule has 1 heterocycles. The largest absolute Gasteiger partial charge is 0.507 e. The van der Waals surface area contributed by atoms with E-state index in [0.29, 0.717) is 25.3 Å². The van der Waals surface area contributed by atoms with Crippen LogP contribution >= 0.6 is 0 Å². The number of aromatic hydroxyl groups is 1. The molecule has 1 aromatic carbocycles. The fourth-order valence-electron chi connectivity index (χ4n) is 2.24. The van der Waals surface area contributed by atoms with E-state index in [0.717, 1.165) is 12.0 Å². The molecule has 4 heteroatoms. The Hall–Kier alpha value is -1.55. The number of hydrogen-bond acceptors (Lipinski definition) is 3. The summed E-state index contributed by atoms with van der Waals surface area (Å²) in [5, 5.41) is 9.87. The number of carbonyl (C=O) groups is 1. The van der Waals surface area contributed by atoms with Gasteiger partial charge >= 0.3 is 0 Å². The average molecular weight is 249 g/mol. The summed E-state index contributed by atoms with van der Waals surface area (Å²) in [6, 6.07) is 5.25. The van der Waals surface area contributed by atoms with Crippen molar-refractivity contribution in [2.45, 2.75) is 26.3 Å². The Morgan fingerprint density at radius 2 is 2.33 bits per heavy atom. The second kappa shape index (κ2) is 5.40. The standard InChI is InChI=1S/C14H19NO3/c1-3-11-9-18-7-6-15(11)14(17)12-5-4-10(2)8-13(12)16/h4-5,8,11,16H,3,6-7,9H2,1-2H3. The molecule has 1 aliphatic rings. The number of carbonyl (C=O) groups excluding carboxylic acids is 1. The molecule has 0 saturated carbocycles. The quantitative estimate of drug-likeness (QED) is 0.871. The number of amides is 1. The third-order valence-electron chi connectivity index (χ3n) is 3.34. The minimum absolute atomic E-state index is 0.0568. The average Bonchev–Trinajstić information content (AvgIpc) is 2.38. The molecule has 0 aromatic heterocycles. The molecular formula is C14H19NO3. The third kappa shape index (κ3) is 2.48. The van der Waals surface area contributed by atoms with Crippen molar-refractivity contribution in [3.63, 3.8) is 0 Å². The van der Waals surface area contributed by atoms with E-state index in [1.807, 2.05) is 19.9 Å². The van der Waals surface area contributed by atoms with Crippen LogP contribution in [0, 0.1) is 6.92 Å². The second-order valence-corrected chi connectivity index (χ2v) is 4.66. The van der Waals surface area contributed by atoms with Gasteiger partial charge in [-0.25, -0.2) is 0 Å². The topological polar surface area (TPSA) is 49.8 Å². The van der Waals surface area contributed by atoms with Crippen LogP contribution in [-0.2, 0) is 4.74 Å². The Balaban J connectivity index is 2.24. The molecule has 1 N–H and O–H groups in total. The molecule has 1 saturated heterocycles. The first-order valence-electron chi connectivity index (χ1n) is 6.31. The van der Waals surface area contributed by atoms with Crippen molar-refractivity contribution in [3.8, 4) is 5.75 Å². The highest BCUT2D eigenvalue weighted by atomic mass is 16.5. The SMILES string of the molecule is CCC1COCCN1C(=O)c1ccc(C)cc1O. The molecule has 1 unspecified atom stereocenters. The van der Waals surface area contributed by atoms with Crippen LogP contribution in [0.1, 0.15) is 29.3 Å². The Labute approximate surface area is 107 Å². The number of rotatable bonds is 2. The molecule has 1 atom stereocenters. The number of hydrogen-bond donors (Lipinski definition) is 1. The lowest BCUT2D eigenvalue weighted by atomic mass is 10.1. The molecule has 1 fully saturated rings. The van der Waals surface area contributed by atoms with Gasteiger partial charge in [0.25, 0.3) is 5.91 Å². The molecule has 1 aliphatic heterocycles. The summed E-state index contributed by atoms with van der Waals surface area (Å²) in [6.45, 7) is 5.65. The predicted molar refractivity (Wildman–Crippen MR) is 68.8 cm³/mol. The summed E-state index contributed by atoms with van der Waals surface area (Å²) in [5.74, 6) is -0.0519. The van der Waals surface area contributed by atoms with Gasteiger partial charge in [0.05, 0.1) is 24.8 Å². The van der Waals surface area contributed by atoms with Gasteiger partial charge in [0.15, 0.2) is 0 Å². The molecule has 4 nitrogen and oxygen atoms in total. The fraction of sp³-hybridized carbons (Fsp3) is 0.500. The van der Waals surface area contributed by atoms with Crippen molar-refractivity contribution in [2.75, 3.05) is 19.8 Å². The van der Waals surface area contributed by atoms with Gasteiger partial charge in [0.2, 0.25) is 0 Å². The zero-order valence-corrected chi connectivity index (χ0v) is 10.8. The zero-order valence-electron chi connectivity index (χ0n) is 10.8. The predicted octanol–water partition coefficient (Wildman–Crippen LogP) is 1.95. The summed E-state index contributed by atoms with van der Waals surface area (Å²) in [4.78, 5) is 14.2. The lowest BCUT2D eigenvalue weighted by Crippen LogP contribution is -2.48. The zero-order chi connectivity index (χ0) is 13.1. The maximum absolute atomic E-state index is 12.4. The van der Waals surface area contributed by atoms with Crippen LogP contribution in [0.2, 0.25) is 0 Å². The van der Waals surface area contributed by atoms with Crippen molar-refractivity contribution < 1.29 is 14.6 Å². The minimum Gasteiger partial charge on any atom is -0.507 e. The number of morpholine rings is 1. The Bertz CT molecular complexity index is 445. The van der Waals surface area contributed by atoms with Crippen LogP contribution in [-0.4, -0.2) is 41.7 Å². The van der Waals surface area contributed by atoms with Gasteiger partial charge in [-0.3, -0.25) is 4.79 Å². The second-order valence-electron chi connectivity index (χ2n) is 4.66. The van der Waals surface area contributed by atoms with Crippen LogP contribution in [0.3, 0.4) is 0 Å². The maximum Gasteiger partial charge on any atom is 0.258 e. The van der Waals surface area contributed by atoms with E-state index in [2.05, 4.69) is 0 Å². The van der Waals surface area contributed by atoms with E-state index in [1.54, 1.807) is 17.0 Å². The molecule has 2 rings (SSSR count). The Morgan fingerprint density at radius 1 is 1.56 bits per heavy atom. The minimum atomic E-state index is -0.109. The molecule has 1 aromatic rings. The van der Waals surface area contributed by atoms with E-state index in [4.69, 9.17) is 4.74 Å². The Morgan fingerprint density at radius 3 is 3.00 bits per heavy atom. The normalized spacial score (nSPS) is 19.9. The van der Waals surface area contributed by atoms with Crippen molar-refractivity contribution in [2.24, 2.45) is 0 Å². The summed E-state index contributed by atoms with van der Waals surface area (Å²) >= 11 is 0. The molecule has 1 amide bonds. The molecule has 0 bridgehead atoms. The number of aryl methyl sites for hydroxylation is 1. The first kappa shape index (κ1) is 12.9. The van der Waals surface area contributed by atoms with Gasteiger partial charge in [0.1, 0.15) is 5.75 Å². The van der Waals surface area contributed by atoms with Gasteiger partial charge in [-0.2, -0.15) is 0 Å². The van der Waals surface area contributed by atoms with Gasteiger partial charge in [-0.1, -0.05) is 13.0 Å². The third-order valence-corrected chi connectivity index (χ3v) is 3.34. The fourth-order valence-corrected chi connectivity index (χ4v) is 2.24. The highest BCUT2D eigenvalue weighted by molar-refractivity contribution is 5.97. The van der Waals surface area contributed by atoms with E-state index >= 15 is 0 Å². The smallest absolute Gasteiger partial charge is 0.258 e. The lowest BCUT2D eigenvalue weighted by molar-refractivity contribution is -0.00293. The Kier molecular flexibility index (Phi) is 3.87. The van der Waals surface area contributed by atoms with Gasteiger partial charge in [-0.15, -0.1) is 0 Å². The highest BCUT2D eigenvalue weighted by Gasteiger charge is 2.28. The number of nitrogens with zero attached hydrogens (tertiary/aromatic N) is 1. The van der Waals surface area contributed by atoms with Crippen LogP contribution < -0.4 is 0 Å². The summed E-state index contributed by atoms with van der Waals surface area (Å²) < 4.78 is 5.38. The summed E-state index contributed by atoms with van der Waals surface area (Å²) in [6.07, 6.45) is 0.859. The van der Waals surface area contributed by atoms with Crippen molar-refractivity contribution in [1.29, 1.82) is 0 Å². The van der Waals surface area contributed by atoms with Gasteiger partial charge in [0, 0.05) is 6.54 Å². The number of phenols is 1. The maximum atomic E-state index is 12.4. The van der Waals surface area contributed by atoms with Crippen molar-refractivity contribution >= 4 is 5.91 Å². The summed E-state index contributed by atoms with van der Waals surface area (Å²) in [7, 11) is 0. The first-order chi connectivity index (χ1) is 8.63. The molecule has 0 spiro atoms. The molecule has 0 aliphatic carbocycles. The van der Waals surface area contributed by atoms with E-state index < -0.39 is 0 Å². The van der Waals surface area contributed by atoms with Crippen molar-refractivity contribution in [3.05, 3.63) is 29.3 Å². The van der Waals surface area contributed by atoms with E-state index in [-0.39, 0.29) is 17.7 Å². The van der Waals surface area contributed by atoms with E-state index in [1.165, 1.54) is 0 Å². The van der Waals surface area contributed by atoms with Crippen LogP contribution in [0.25, 0.3) is 0 Å². The molecule has 0 radical (unpaired) electrons. The first-order valence-corrected chi connectivity index (χ1v) is 6.31. The van der Waals surface area contributed by atoms with E-state index in [9.17, 15) is 9.90 Å². The number of benzene rings is 1. The van der Waals surface area contributed by atoms with Crippen LogP contribution in [0.4, 0.5) is 0 Å². The highest BCUT2D eigenvalue weighted by Crippen LogP contribution is 2.22. The van der Waals surface area contributed by atoms with Crippen molar-refractivity contribution in [1.82, 2.24) is 4.90 Å². The lowest BCUT2D eigenvalue weighted by Gasteiger charge is -2.35. The molecule has 98 valence electrons. The van der Waals surface area contributed by atoms with Gasteiger partial charge in [-0.05, 0) is 31.0 Å². The summed E-state index contributed by atoms with van der Waals surface area (Å²) in [5.41, 5.74) is 1.32. The molecule has 18 heavy (non-hydrogen) atoms. The van der Waals surface area contributed by atoms with Gasteiger partial charge < -0.3 is 14.7 Å². The number of ether oxygens (including phenoxy) is 1. The van der Waals surface area contributed by atoms with Crippen LogP contribution in [0.5, 0.6) is 5.75 Å².